The Morgan fingerprint density at radius 2 is 1.86 bits per heavy atom. The fraction of sp³-hybridized carbons (Fsp3) is 0.536. The van der Waals surface area contributed by atoms with Crippen molar-refractivity contribution < 1.29 is 24.2 Å². The lowest BCUT2D eigenvalue weighted by Gasteiger charge is -2.39. The average molecular weight is 528 g/mol. The second-order valence-corrected chi connectivity index (χ2v) is 12.3. The van der Waals surface area contributed by atoms with E-state index in [9.17, 15) is 19.5 Å². The summed E-state index contributed by atoms with van der Waals surface area (Å²) >= 11 is 1.62. The molecule has 3 amide bonds. The van der Waals surface area contributed by atoms with Crippen molar-refractivity contribution in [2.75, 3.05) is 38.8 Å². The number of likely N-dealkylation sites (tertiary alicyclic amines) is 1. The molecule has 3 aliphatic heterocycles. The van der Waals surface area contributed by atoms with Gasteiger partial charge in [0.2, 0.25) is 11.8 Å². The lowest BCUT2D eigenvalue weighted by Crippen LogP contribution is -2.57. The minimum Gasteiger partial charge on any atom is -0.497 e. The van der Waals surface area contributed by atoms with Crippen molar-refractivity contribution in [3.8, 4) is 5.75 Å². The van der Waals surface area contributed by atoms with Crippen molar-refractivity contribution in [2.45, 2.75) is 48.3 Å². The second kappa shape index (κ2) is 10.2. The maximum Gasteiger partial charge on any atom is 0.251 e. The van der Waals surface area contributed by atoms with E-state index >= 15 is 0 Å². The number of hydrogen-bond donors (Lipinski definition) is 1. The van der Waals surface area contributed by atoms with Crippen molar-refractivity contribution in [3.05, 3.63) is 49.6 Å². The highest BCUT2D eigenvalue weighted by molar-refractivity contribution is 8.02. The van der Waals surface area contributed by atoms with E-state index in [1.54, 1.807) is 71.8 Å². The van der Waals surface area contributed by atoms with E-state index in [0.29, 0.717) is 24.4 Å². The highest BCUT2D eigenvalue weighted by Gasteiger charge is 2.77. The van der Waals surface area contributed by atoms with Gasteiger partial charge >= 0.3 is 0 Å². The first-order valence-electron chi connectivity index (χ1n) is 12.7. The normalized spacial score (nSPS) is 30.6. The van der Waals surface area contributed by atoms with Gasteiger partial charge in [-0.05, 0) is 51.0 Å². The van der Waals surface area contributed by atoms with Crippen LogP contribution in [0, 0.1) is 11.8 Å². The molecule has 9 heteroatoms. The van der Waals surface area contributed by atoms with Crippen LogP contribution in [-0.2, 0) is 14.4 Å². The number of aliphatic hydroxyl groups excluding tert-OH is 1. The number of methoxy groups -OCH3 is 1. The number of nitrogens with zero attached hydrogens (tertiary/aromatic N) is 3. The minimum absolute atomic E-state index is 0.0994. The summed E-state index contributed by atoms with van der Waals surface area (Å²) in [5.74, 6) is -1.08. The van der Waals surface area contributed by atoms with Crippen LogP contribution in [0.1, 0.15) is 26.7 Å². The molecule has 6 atom stereocenters. The summed E-state index contributed by atoms with van der Waals surface area (Å²) in [6.45, 7) is 11.8. The van der Waals surface area contributed by atoms with E-state index in [2.05, 4.69) is 20.1 Å². The number of carbonyl (C=O) groups excluding carboxylic acids is 3. The van der Waals surface area contributed by atoms with Crippen molar-refractivity contribution >= 4 is 35.2 Å². The molecule has 1 N–H and O–H groups in total. The van der Waals surface area contributed by atoms with Crippen LogP contribution in [0.2, 0.25) is 0 Å². The highest BCUT2D eigenvalue weighted by Crippen LogP contribution is 2.71. The Balaban J connectivity index is 1.81. The standard InChI is InChI=1S/C28H37N3O5S/c1-7-15-29(5)24(33)21-22-25(34)31(18(3)17-32)23(28(22)14-13-27(21,4)37-28)26(35)30(16-8-2)19-9-11-20(36-6)12-10-19/h7-12,18,21-23,32H,1-2,13-17H2,3-6H3/t18-,21-,22+,23?,27+,28?/m1/s1. The summed E-state index contributed by atoms with van der Waals surface area (Å²) < 4.78 is 4.06. The van der Waals surface area contributed by atoms with Crippen LogP contribution in [0.25, 0.3) is 0 Å². The van der Waals surface area contributed by atoms with Crippen LogP contribution in [-0.4, -0.2) is 88.1 Å². The van der Waals surface area contributed by atoms with Crippen LogP contribution in [0.3, 0.4) is 0 Å². The molecule has 1 aromatic rings. The summed E-state index contributed by atoms with van der Waals surface area (Å²) in [4.78, 5) is 47.1. The molecule has 1 spiro atoms. The molecule has 37 heavy (non-hydrogen) atoms. The lowest BCUT2D eigenvalue weighted by molar-refractivity contribution is -0.145. The van der Waals surface area contributed by atoms with Gasteiger partial charge in [-0.25, -0.2) is 0 Å². The molecule has 200 valence electrons. The summed E-state index contributed by atoms with van der Waals surface area (Å²) in [7, 11) is 3.31. The topological polar surface area (TPSA) is 90.4 Å². The number of anilines is 1. The van der Waals surface area contributed by atoms with Crippen molar-refractivity contribution in [2.24, 2.45) is 11.8 Å². The molecule has 3 aliphatic rings. The van der Waals surface area contributed by atoms with Crippen molar-refractivity contribution in [3.63, 3.8) is 0 Å². The average Bonchev–Trinajstić information content (AvgIpc) is 3.47. The van der Waals surface area contributed by atoms with E-state index in [0.717, 1.165) is 6.42 Å². The van der Waals surface area contributed by atoms with Gasteiger partial charge in [-0.15, -0.1) is 24.9 Å². The van der Waals surface area contributed by atoms with E-state index < -0.39 is 33.4 Å². The van der Waals surface area contributed by atoms with Crippen LogP contribution in [0.5, 0.6) is 5.75 Å². The highest BCUT2D eigenvalue weighted by atomic mass is 32.2. The molecule has 0 saturated carbocycles. The Morgan fingerprint density at radius 3 is 2.43 bits per heavy atom. The zero-order valence-electron chi connectivity index (χ0n) is 22.1. The molecule has 8 nitrogen and oxygen atoms in total. The molecule has 3 fully saturated rings. The predicted octanol–water partition coefficient (Wildman–Crippen LogP) is 2.72. The SMILES string of the molecule is C=CCN(C)C(=O)[C@H]1[C@H]2C(=O)N([C@H](C)CO)C(C(=O)N(CC=C)c3ccc(OC)cc3)C23CC[C@]1(C)S3. The van der Waals surface area contributed by atoms with Gasteiger partial charge in [0.1, 0.15) is 11.8 Å². The number of carbonyl (C=O) groups is 3. The number of hydrogen-bond acceptors (Lipinski definition) is 6. The van der Waals surface area contributed by atoms with E-state index in [4.69, 9.17) is 4.74 Å². The first kappa shape index (κ1) is 27.3. The Bertz CT molecular complexity index is 1090. The van der Waals surface area contributed by atoms with Crippen LogP contribution in [0.15, 0.2) is 49.6 Å². The maximum atomic E-state index is 14.5. The third-order valence-corrected chi connectivity index (χ3v) is 10.2. The Hall–Kier alpha value is -2.78. The monoisotopic (exact) mass is 527 g/mol. The van der Waals surface area contributed by atoms with Gasteiger partial charge in [-0.2, -0.15) is 0 Å². The van der Waals surface area contributed by atoms with Gasteiger partial charge in [0.05, 0.1) is 36.3 Å². The molecule has 2 unspecified atom stereocenters. The quantitative estimate of drug-likeness (QED) is 0.471. The molecule has 4 rings (SSSR count). The van der Waals surface area contributed by atoms with Gasteiger partial charge in [0.25, 0.3) is 5.91 Å². The third kappa shape index (κ3) is 4.16. The number of rotatable bonds is 10. The lowest BCUT2D eigenvalue weighted by atomic mass is 9.66. The van der Waals surface area contributed by atoms with E-state index in [1.807, 2.05) is 12.1 Å². The largest absolute Gasteiger partial charge is 0.497 e. The molecule has 3 heterocycles. The minimum atomic E-state index is -0.816. The van der Waals surface area contributed by atoms with Gasteiger partial charge < -0.3 is 24.5 Å². The molecule has 3 saturated heterocycles. The molecule has 0 aromatic heterocycles. The van der Waals surface area contributed by atoms with Crippen molar-refractivity contribution in [1.82, 2.24) is 9.80 Å². The Kier molecular flexibility index (Phi) is 7.50. The summed E-state index contributed by atoms with van der Waals surface area (Å²) in [6.07, 6.45) is 4.70. The summed E-state index contributed by atoms with van der Waals surface area (Å²) in [6, 6.07) is 5.80. The summed E-state index contributed by atoms with van der Waals surface area (Å²) in [5, 5.41) is 10.1. The Labute approximate surface area is 223 Å². The maximum absolute atomic E-state index is 14.5. The first-order chi connectivity index (χ1) is 17.6. The molecule has 2 bridgehead atoms. The number of amides is 3. The number of ether oxygens (including phenoxy) is 1. The number of aliphatic hydroxyl groups is 1. The third-order valence-electron chi connectivity index (χ3n) is 8.19. The fourth-order valence-corrected chi connectivity index (χ4v) is 8.79. The van der Waals surface area contributed by atoms with E-state index in [-0.39, 0.29) is 30.9 Å². The van der Waals surface area contributed by atoms with Crippen LogP contribution < -0.4 is 9.64 Å². The summed E-state index contributed by atoms with van der Waals surface area (Å²) in [5.41, 5.74) is 0.664. The number of thioether (sulfide) groups is 1. The van der Waals surface area contributed by atoms with E-state index in [1.165, 1.54) is 0 Å². The fourth-order valence-electron chi connectivity index (χ4n) is 6.46. The molecular weight excluding hydrogens is 490 g/mol. The van der Waals surface area contributed by atoms with Crippen molar-refractivity contribution in [1.29, 1.82) is 0 Å². The Morgan fingerprint density at radius 1 is 1.22 bits per heavy atom. The number of benzene rings is 1. The van der Waals surface area contributed by atoms with Crippen LogP contribution in [0.4, 0.5) is 5.69 Å². The predicted molar refractivity (Wildman–Crippen MR) is 146 cm³/mol. The molecule has 0 radical (unpaired) electrons. The van der Waals surface area contributed by atoms with Gasteiger partial charge in [0.15, 0.2) is 0 Å². The number of fused-ring (bicyclic) bond motifs is 1. The zero-order valence-corrected chi connectivity index (χ0v) is 22.9. The molecule has 0 aliphatic carbocycles. The smallest absolute Gasteiger partial charge is 0.251 e. The van der Waals surface area contributed by atoms with Gasteiger partial charge in [0, 0.05) is 30.6 Å². The molecular formula is C28H37N3O5S. The second-order valence-electron chi connectivity index (χ2n) is 10.4. The van der Waals surface area contributed by atoms with Gasteiger partial charge in [-0.1, -0.05) is 12.2 Å². The van der Waals surface area contributed by atoms with Crippen LogP contribution >= 0.6 is 11.8 Å². The number of likely N-dealkylation sites (N-methyl/N-ethyl adjacent to an activating group) is 1. The first-order valence-corrected chi connectivity index (χ1v) is 13.5. The zero-order chi connectivity index (χ0) is 27.1. The molecule has 1 aromatic carbocycles. The van der Waals surface area contributed by atoms with Gasteiger partial charge in [-0.3, -0.25) is 14.4 Å².